The standard InChI is InChI=1S/C9H17NO8P2S/c11-9(12)8(7-21)10(3-1-5-19(13,14)15)4-2-6-20(16,17)18/h1-2,5-6,8,21H,3-4,7H2,(H,11,12)(H2,13,14,15)(H2,16,17,18)/t8-/m0/s1. The third kappa shape index (κ3) is 10.9. The monoisotopic (exact) mass is 361 g/mol. The number of thiol groups is 1. The third-order valence-electron chi connectivity index (χ3n) is 2.18. The van der Waals surface area contributed by atoms with Crippen LogP contribution in [0.5, 0.6) is 0 Å². The van der Waals surface area contributed by atoms with Crippen molar-refractivity contribution >= 4 is 33.8 Å². The first-order valence-electron chi connectivity index (χ1n) is 5.50. The Bertz CT molecular complexity index is 462. The lowest BCUT2D eigenvalue weighted by molar-refractivity contribution is -0.141. The molecule has 0 aliphatic rings. The highest BCUT2D eigenvalue weighted by Crippen LogP contribution is 2.36. The second-order valence-corrected chi connectivity index (χ2v) is 7.26. The molecule has 0 fully saturated rings. The van der Waals surface area contributed by atoms with Crippen molar-refractivity contribution in [2.24, 2.45) is 0 Å². The van der Waals surface area contributed by atoms with Crippen LogP contribution in [-0.2, 0) is 13.9 Å². The van der Waals surface area contributed by atoms with E-state index in [0.717, 1.165) is 12.2 Å². The van der Waals surface area contributed by atoms with Crippen LogP contribution in [0.25, 0.3) is 0 Å². The van der Waals surface area contributed by atoms with E-state index in [9.17, 15) is 13.9 Å². The molecule has 0 saturated heterocycles. The summed E-state index contributed by atoms with van der Waals surface area (Å²) in [5.41, 5.74) is 0. The predicted molar refractivity (Wildman–Crippen MR) is 79.2 cm³/mol. The maximum atomic E-state index is 11.0. The van der Waals surface area contributed by atoms with E-state index < -0.39 is 27.2 Å². The molecule has 1 atom stereocenters. The Kier molecular flexibility index (Phi) is 8.69. The van der Waals surface area contributed by atoms with Crippen LogP contribution in [0.1, 0.15) is 0 Å². The number of carbonyl (C=O) groups is 1. The van der Waals surface area contributed by atoms with Crippen LogP contribution >= 0.6 is 27.8 Å². The number of nitrogens with zero attached hydrogens (tertiary/aromatic N) is 1. The fourth-order valence-electron chi connectivity index (χ4n) is 1.32. The van der Waals surface area contributed by atoms with Crippen LogP contribution < -0.4 is 0 Å². The summed E-state index contributed by atoms with van der Waals surface area (Å²) in [5.74, 6) is -0.0315. The molecule has 0 aromatic heterocycles. The zero-order chi connectivity index (χ0) is 16.7. The van der Waals surface area contributed by atoms with Crippen molar-refractivity contribution < 1.29 is 38.6 Å². The van der Waals surface area contributed by atoms with E-state index in [1.165, 1.54) is 4.90 Å². The van der Waals surface area contributed by atoms with Crippen molar-refractivity contribution in [3.63, 3.8) is 0 Å². The first kappa shape index (κ1) is 20.6. The van der Waals surface area contributed by atoms with Crippen molar-refractivity contribution in [1.29, 1.82) is 0 Å². The van der Waals surface area contributed by atoms with Gasteiger partial charge in [-0.3, -0.25) is 18.8 Å². The zero-order valence-electron chi connectivity index (χ0n) is 10.8. The molecule has 0 spiro atoms. The number of carboxylic acids is 1. The fraction of sp³-hybridized carbons (Fsp3) is 0.444. The molecule has 0 aliphatic carbocycles. The smallest absolute Gasteiger partial charge is 0.348 e. The van der Waals surface area contributed by atoms with Gasteiger partial charge in [-0.05, 0) is 0 Å². The maximum Gasteiger partial charge on any atom is 0.348 e. The molecule has 0 unspecified atom stereocenters. The van der Waals surface area contributed by atoms with Crippen molar-refractivity contribution in [3.8, 4) is 0 Å². The number of hydrogen-bond acceptors (Lipinski definition) is 5. The molecule has 0 aliphatic heterocycles. The Morgan fingerprint density at radius 2 is 1.43 bits per heavy atom. The molecule has 0 bridgehead atoms. The summed E-state index contributed by atoms with van der Waals surface area (Å²) in [7, 11) is -8.71. The minimum absolute atomic E-state index is 0.0805. The molecule has 12 heteroatoms. The SMILES string of the molecule is O=C(O)[C@H](CS)N(CC=CP(=O)(O)O)CC=CP(=O)(O)O. The van der Waals surface area contributed by atoms with Crippen LogP contribution in [0.4, 0.5) is 0 Å². The molecule has 122 valence electrons. The lowest BCUT2D eigenvalue weighted by Crippen LogP contribution is -2.42. The van der Waals surface area contributed by atoms with Gasteiger partial charge in [0.2, 0.25) is 0 Å². The summed E-state index contributed by atoms with van der Waals surface area (Å²) >= 11 is 3.87. The van der Waals surface area contributed by atoms with Gasteiger partial charge in [-0.1, -0.05) is 12.2 Å². The summed E-state index contributed by atoms with van der Waals surface area (Å²) in [6.45, 7) is -0.262. The minimum atomic E-state index is -4.35. The molecule has 0 amide bonds. The largest absolute Gasteiger partial charge is 0.480 e. The number of carboxylic acid groups (broad SMARTS) is 1. The highest BCUT2D eigenvalue weighted by molar-refractivity contribution is 7.80. The molecule has 0 radical (unpaired) electrons. The molecule has 0 heterocycles. The molecular weight excluding hydrogens is 344 g/mol. The Balaban J connectivity index is 4.97. The average Bonchev–Trinajstić information content (AvgIpc) is 2.25. The lowest BCUT2D eigenvalue weighted by Gasteiger charge is -2.25. The summed E-state index contributed by atoms with van der Waals surface area (Å²) in [6.07, 6.45) is 2.18. The van der Waals surface area contributed by atoms with E-state index in [-0.39, 0.29) is 18.8 Å². The topological polar surface area (TPSA) is 156 Å². The van der Waals surface area contributed by atoms with Crippen LogP contribution in [0, 0.1) is 0 Å². The molecule has 0 aromatic rings. The van der Waals surface area contributed by atoms with Gasteiger partial charge in [0.1, 0.15) is 6.04 Å². The molecule has 0 saturated carbocycles. The normalized spacial score (nSPS) is 15.1. The van der Waals surface area contributed by atoms with Gasteiger partial charge < -0.3 is 24.7 Å². The Morgan fingerprint density at radius 3 is 1.67 bits per heavy atom. The Labute approximate surface area is 126 Å². The first-order valence-corrected chi connectivity index (χ1v) is 9.49. The van der Waals surface area contributed by atoms with Crippen LogP contribution in [0.15, 0.2) is 23.8 Å². The van der Waals surface area contributed by atoms with Crippen molar-refractivity contribution in [3.05, 3.63) is 23.8 Å². The molecular formula is C9H17NO8P2S. The highest BCUT2D eigenvalue weighted by Gasteiger charge is 2.23. The second-order valence-electron chi connectivity index (χ2n) is 3.94. The van der Waals surface area contributed by atoms with Gasteiger partial charge in [0.15, 0.2) is 0 Å². The van der Waals surface area contributed by atoms with E-state index in [1.54, 1.807) is 0 Å². The number of aliphatic carboxylic acids is 1. The van der Waals surface area contributed by atoms with Crippen molar-refractivity contribution in [1.82, 2.24) is 4.90 Å². The van der Waals surface area contributed by atoms with E-state index in [2.05, 4.69) is 12.6 Å². The molecule has 0 rings (SSSR count). The van der Waals surface area contributed by atoms with Gasteiger partial charge >= 0.3 is 21.2 Å². The van der Waals surface area contributed by atoms with Gasteiger partial charge in [-0.2, -0.15) is 12.6 Å². The van der Waals surface area contributed by atoms with Gasteiger partial charge in [0.05, 0.1) is 0 Å². The highest BCUT2D eigenvalue weighted by atomic mass is 32.1. The minimum Gasteiger partial charge on any atom is -0.480 e. The molecule has 21 heavy (non-hydrogen) atoms. The summed E-state index contributed by atoms with van der Waals surface area (Å²) < 4.78 is 21.3. The van der Waals surface area contributed by atoms with Gasteiger partial charge in [-0.15, -0.1) is 0 Å². The van der Waals surface area contributed by atoms with Gasteiger partial charge in [0, 0.05) is 30.5 Å². The van der Waals surface area contributed by atoms with Crippen molar-refractivity contribution in [2.45, 2.75) is 6.04 Å². The van der Waals surface area contributed by atoms with Crippen LogP contribution in [0.3, 0.4) is 0 Å². The van der Waals surface area contributed by atoms with E-state index in [4.69, 9.17) is 24.7 Å². The molecule has 0 aromatic carbocycles. The summed E-state index contributed by atoms with van der Waals surface area (Å²) in [4.78, 5) is 47.0. The van der Waals surface area contributed by atoms with Crippen LogP contribution in [0.2, 0.25) is 0 Å². The lowest BCUT2D eigenvalue weighted by atomic mass is 10.2. The van der Waals surface area contributed by atoms with Crippen molar-refractivity contribution in [2.75, 3.05) is 18.8 Å². The maximum absolute atomic E-state index is 11.0. The molecule has 5 N–H and O–H groups in total. The summed E-state index contributed by atoms with van der Waals surface area (Å²) in [5, 5.41) is 9.02. The molecule has 9 nitrogen and oxygen atoms in total. The second kappa shape index (κ2) is 8.87. The first-order chi connectivity index (χ1) is 9.46. The fourth-order valence-corrected chi connectivity index (χ4v) is 2.44. The summed E-state index contributed by atoms with van der Waals surface area (Å²) in [6, 6.07) is -1.07. The van der Waals surface area contributed by atoms with Gasteiger partial charge in [0.25, 0.3) is 0 Å². The van der Waals surface area contributed by atoms with E-state index in [0.29, 0.717) is 11.6 Å². The van der Waals surface area contributed by atoms with E-state index in [1.807, 2.05) is 0 Å². The number of hydrogen-bond donors (Lipinski definition) is 6. The third-order valence-corrected chi connectivity index (χ3v) is 3.72. The quantitative estimate of drug-likeness (QED) is 0.247. The Hall–Kier alpha value is -0.440. The number of rotatable bonds is 9. The zero-order valence-corrected chi connectivity index (χ0v) is 13.4. The average molecular weight is 361 g/mol. The predicted octanol–water partition coefficient (Wildman–Crippen LogP) is 0.0542. The van der Waals surface area contributed by atoms with Crippen LogP contribution in [-0.4, -0.2) is 60.4 Å². The van der Waals surface area contributed by atoms with E-state index >= 15 is 0 Å². The Morgan fingerprint density at radius 1 is 1.05 bits per heavy atom. The van der Waals surface area contributed by atoms with Gasteiger partial charge in [-0.25, -0.2) is 0 Å².